The summed E-state index contributed by atoms with van der Waals surface area (Å²) in [4.78, 5) is 29.7. The molecule has 6 nitrogen and oxygen atoms in total. The summed E-state index contributed by atoms with van der Waals surface area (Å²) in [6, 6.07) is 7.83. The molecule has 0 radical (unpaired) electrons. The summed E-state index contributed by atoms with van der Waals surface area (Å²) in [5.74, 6) is -0.383. The normalized spacial score (nSPS) is 19.3. The Balaban J connectivity index is 1.39. The van der Waals surface area contributed by atoms with E-state index in [1.54, 1.807) is 0 Å². The molecule has 1 N–H and O–H groups in total. The van der Waals surface area contributed by atoms with Crippen molar-refractivity contribution in [2.45, 2.75) is 38.4 Å². The van der Waals surface area contributed by atoms with Gasteiger partial charge in [0, 0.05) is 37.9 Å². The molecule has 0 saturated carbocycles. The number of nitrogens with one attached hydrogen (secondary N) is 1. The van der Waals surface area contributed by atoms with Gasteiger partial charge in [0.05, 0.1) is 18.7 Å². The number of H-pyrrole nitrogens is 1. The second-order valence-electron chi connectivity index (χ2n) is 7.15. The number of piperidine rings is 1. The number of nitrogens with zero attached hydrogens (tertiary/aromatic N) is 1. The first-order chi connectivity index (χ1) is 12.6. The third-order valence-electron chi connectivity index (χ3n) is 5.46. The predicted molar refractivity (Wildman–Crippen MR) is 98.1 cm³/mol. The largest absolute Gasteiger partial charge is 0.347 e. The molecule has 0 bridgehead atoms. The van der Waals surface area contributed by atoms with Crippen LogP contribution in [0, 0.1) is 6.92 Å². The van der Waals surface area contributed by atoms with Crippen molar-refractivity contribution in [2.24, 2.45) is 0 Å². The highest BCUT2D eigenvalue weighted by molar-refractivity contribution is 5.82. The van der Waals surface area contributed by atoms with E-state index in [-0.39, 0.29) is 11.5 Å². The zero-order chi connectivity index (χ0) is 18.1. The molecule has 2 aliphatic rings. The number of aromatic nitrogens is 1. The maximum atomic E-state index is 12.5. The van der Waals surface area contributed by atoms with Gasteiger partial charge in [0.1, 0.15) is 0 Å². The van der Waals surface area contributed by atoms with Gasteiger partial charge in [-0.3, -0.25) is 9.59 Å². The molecule has 2 fully saturated rings. The first-order valence-electron chi connectivity index (χ1n) is 9.24. The zero-order valence-electron chi connectivity index (χ0n) is 15.0. The monoisotopic (exact) mass is 356 g/mol. The average Bonchev–Trinajstić information content (AvgIpc) is 3.09. The minimum absolute atomic E-state index is 0.0848. The first kappa shape index (κ1) is 17.2. The van der Waals surface area contributed by atoms with Crippen LogP contribution in [0.5, 0.6) is 0 Å². The zero-order valence-corrected chi connectivity index (χ0v) is 15.0. The quantitative estimate of drug-likeness (QED) is 0.915. The topological polar surface area (TPSA) is 71.6 Å². The highest BCUT2D eigenvalue weighted by Gasteiger charge is 2.40. The van der Waals surface area contributed by atoms with Crippen LogP contribution in [0.1, 0.15) is 30.4 Å². The van der Waals surface area contributed by atoms with E-state index in [2.05, 4.69) is 4.98 Å². The Morgan fingerprint density at radius 2 is 1.96 bits per heavy atom. The Labute approximate surface area is 152 Å². The number of pyridine rings is 1. The van der Waals surface area contributed by atoms with Crippen LogP contribution in [-0.4, -0.2) is 47.9 Å². The summed E-state index contributed by atoms with van der Waals surface area (Å²) >= 11 is 0. The number of hydrogen-bond donors (Lipinski definition) is 1. The molecule has 1 aromatic carbocycles. The minimum atomic E-state index is -0.468. The Hall–Kier alpha value is -2.18. The third-order valence-corrected chi connectivity index (χ3v) is 5.46. The van der Waals surface area contributed by atoms with Crippen molar-refractivity contribution in [3.05, 3.63) is 45.7 Å². The van der Waals surface area contributed by atoms with E-state index in [9.17, 15) is 9.59 Å². The minimum Gasteiger partial charge on any atom is -0.347 e. The number of ether oxygens (including phenoxy) is 2. The fourth-order valence-electron chi connectivity index (χ4n) is 3.90. The molecule has 138 valence electrons. The molecule has 1 aromatic heterocycles. The van der Waals surface area contributed by atoms with E-state index in [0.717, 1.165) is 16.5 Å². The number of para-hydroxylation sites is 1. The number of benzene rings is 1. The van der Waals surface area contributed by atoms with Crippen molar-refractivity contribution >= 4 is 16.8 Å². The number of aromatic amines is 1. The fraction of sp³-hybridized carbons (Fsp3) is 0.500. The molecule has 4 rings (SSSR count). The molecular formula is C20H24N2O4. The van der Waals surface area contributed by atoms with E-state index in [4.69, 9.17) is 9.47 Å². The van der Waals surface area contributed by atoms with Gasteiger partial charge < -0.3 is 19.4 Å². The molecule has 2 aliphatic heterocycles. The van der Waals surface area contributed by atoms with Crippen LogP contribution >= 0.6 is 0 Å². The van der Waals surface area contributed by atoms with E-state index in [1.807, 2.05) is 36.1 Å². The summed E-state index contributed by atoms with van der Waals surface area (Å²) < 4.78 is 11.4. The van der Waals surface area contributed by atoms with Crippen LogP contribution in [0.15, 0.2) is 29.1 Å². The second kappa shape index (κ2) is 6.85. The van der Waals surface area contributed by atoms with Crippen molar-refractivity contribution in [3.8, 4) is 0 Å². The summed E-state index contributed by atoms with van der Waals surface area (Å²) in [5, 5.41) is 1.00. The molecule has 0 atom stereocenters. The first-order valence-corrected chi connectivity index (χ1v) is 9.24. The van der Waals surface area contributed by atoms with Gasteiger partial charge in [0.2, 0.25) is 5.91 Å². The molecule has 0 unspecified atom stereocenters. The van der Waals surface area contributed by atoms with Crippen LogP contribution in [0.4, 0.5) is 0 Å². The van der Waals surface area contributed by atoms with Crippen molar-refractivity contribution in [1.82, 2.24) is 9.88 Å². The van der Waals surface area contributed by atoms with Gasteiger partial charge in [0.25, 0.3) is 5.56 Å². The van der Waals surface area contributed by atoms with Gasteiger partial charge in [0.15, 0.2) is 5.79 Å². The Bertz CT molecular complexity index is 873. The Morgan fingerprint density at radius 1 is 1.23 bits per heavy atom. The molecule has 2 aromatic rings. The maximum absolute atomic E-state index is 12.5. The van der Waals surface area contributed by atoms with Gasteiger partial charge in [-0.25, -0.2) is 0 Å². The molecule has 1 amide bonds. The molecule has 26 heavy (non-hydrogen) atoms. The molecule has 1 spiro atoms. The van der Waals surface area contributed by atoms with Gasteiger partial charge in [-0.1, -0.05) is 18.2 Å². The molecule has 2 saturated heterocycles. The lowest BCUT2D eigenvalue weighted by Gasteiger charge is -2.37. The number of rotatable bonds is 3. The number of likely N-dealkylation sites (tertiary alicyclic amines) is 1. The van der Waals surface area contributed by atoms with Crippen LogP contribution in [0.3, 0.4) is 0 Å². The summed E-state index contributed by atoms with van der Waals surface area (Å²) in [5.41, 5.74) is 2.46. The summed E-state index contributed by atoms with van der Waals surface area (Å²) in [6.45, 7) is 4.54. The standard InChI is InChI=1S/C20H24N2O4/c1-14-3-2-4-15-13-16(19(24)21-18(14)15)5-6-17(23)22-9-7-20(8-10-22)25-11-12-26-20/h2-4,13H,5-12H2,1H3,(H,21,24). The van der Waals surface area contributed by atoms with Crippen LogP contribution in [0.2, 0.25) is 0 Å². The van der Waals surface area contributed by atoms with Crippen molar-refractivity contribution in [3.63, 3.8) is 0 Å². The maximum Gasteiger partial charge on any atom is 0.251 e. The van der Waals surface area contributed by atoms with Crippen molar-refractivity contribution < 1.29 is 14.3 Å². The Morgan fingerprint density at radius 3 is 2.69 bits per heavy atom. The van der Waals surface area contributed by atoms with E-state index in [0.29, 0.717) is 57.6 Å². The van der Waals surface area contributed by atoms with Crippen LogP contribution < -0.4 is 5.56 Å². The fourth-order valence-corrected chi connectivity index (χ4v) is 3.90. The number of fused-ring (bicyclic) bond motifs is 1. The number of amides is 1. The average molecular weight is 356 g/mol. The molecule has 6 heteroatoms. The second-order valence-corrected chi connectivity index (χ2v) is 7.15. The van der Waals surface area contributed by atoms with Crippen molar-refractivity contribution in [2.75, 3.05) is 26.3 Å². The van der Waals surface area contributed by atoms with Gasteiger partial charge in [-0.15, -0.1) is 0 Å². The van der Waals surface area contributed by atoms with E-state index < -0.39 is 5.79 Å². The SMILES string of the molecule is Cc1cccc2cc(CCC(=O)N3CCC4(CC3)OCCO4)c(=O)[nH]c12. The van der Waals surface area contributed by atoms with Crippen molar-refractivity contribution in [1.29, 1.82) is 0 Å². The summed E-state index contributed by atoms with van der Waals surface area (Å²) in [7, 11) is 0. The van der Waals surface area contributed by atoms with Gasteiger partial charge in [-0.2, -0.15) is 0 Å². The highest BCUT2D eigenvalue weighted by Crippen LogP contribution is 2.31. The smallest absolute Gasteiger partial charge is 0.251 e. The van der Waals surface area contributed by atoms with E-state index in [1.165, 1.54) is 0 Å². The number of carbonyl (C=O) groups is 1. The Kier molecular flexibility index (Phi) is 4.54. The lowest BCUT2D eigenvalue weighted by molar-refractivity contribution is -0.187. The lowest BCUT2D eigenvalue weighted by atomic mass is 10.0. The molecule has 3 heterocycles. The van der Waals surface area contributed by atoms with Gasteiger partial charge in [-0.05, 0) is 30.4 Å². The number of carbonyl (C=O) groups excluding carboxylic acids is 1. The third kappa shape index (κ3) is 3.27. The number of hydrogen-bond acceptors (Lipinski definition) is 4. The lowest BCUT2D eigenvalue weighted by Crippen LogP contribution is -2.47. The molecular weight excluding hydrogens is 332 g/mol. The van der Waals surface area contributed by atoms with Crippen LogP contribution in [-0.2, 0) is 20.7 Å². The summed E-state index contributed by atoms with van der Waals surface area (Å²) in [6.07, 6.45) is 2.23. The molecule has 0 aliphatic carbocycles. The van der Waals surface area contributed by atoms with Crippen LogP contribution in [0.25, 0.3) is 10.9 Å². The van der Waals surface area contributed by atoms with Gasteiger partial charge >= 0.3 is 0 Å². The number of aryl methyl sites for hydroxylation is 2. The van der Waals surface area contributed by atoms with E-state index >= 15 is 0 Å². The highest BCUT2D eigenvalue weighted by atomic mass is 16.7. The predicted octanol–water partition coefficient (Wildman–Crippen LogP) is 2.13.